The van der Waals surface area contributed by atoms with Crippen LogP contribution < -0.4 is 10.6 Å². The molecule has 0 aromatic heterocycles. The number of rotatable bonds is 4. The second-order valence-corrected chi connectivity index (χ2v) is 4.79. The molecule has 0 aliphatic heterocycles. The minimum atomic E-state index is 0.611. The first kappa shape index (κ1) is 11.0. The van der Waals surface area contributed by atoms with Crippen molar-refractivity contribution >= 4 is 0 Å². The smallest absolute Gasteiger partial charge is 0.0223 e. The van der Waals surface area contributed by atoms with Crippen LogP contribution in [0.1, 0.15) is 47.0 Å². The van der Waals surface area contributed by atoms with Crippen LogP contribution in [0.4, 0.5) is 0 Å². The van der Waals surface area contributed by atoms with E-state index in [0.717, 1.165) is 0 Å². The summed E-state index contributed by atoms with van der Waals surface area (Å²) in [5, 5.41) is 7.27. The third-order valence-electron chi connectivity index (χ3n) is 2.61. The van der Waals surface area contributed by atoms with Crippen LogP contribution in [0.2, 0.25) is 0 Å². The van der Waals surface area contributed by atoms with Gasteiger partial charge in [0.1, 0.15) is 0 Å². The largest absolute Gasteiger partial charge is 0.310 e. The normalized spacial score (nSPS) is 29.1. The van der Waals surface area contributed by atoms with Gasteiger partial charge in [-0.15, -0.1) is 0 Å². The van der Waals surface area contributed by atoms with Crippen LogP contribution >= 0.6 is 0 Å². The molecular formula is C11H24N2. The summed E-state index contributed by atoms with van der Waals surface area (Å²) in [4.78, 5) is 0. The highest BCUT2D eigenvalue weighted by Crippen LogP contribution is 2.19. The standard InChI is InChI=1S/C11H24N2/c1-8(2)12-10-6-5-7-11(10)13-9(3)4/h8-13H,5-7H2,1-4H3. The van der Waals surface area contributed by atoms with Crippen LogP contribution in [0.5, 0.6) is 0 Å². The second-order valence-electron chi connectivity index (χ2n) is 4.79. The molecule has 0 spiro atoms. The fourth-order valence-electron chi connectivity index (χ4n) is 2.22. The van der Waals surface area contributed by atoms with Gasteiger partial charge in [-0.05, 0) is 12.8 Å². The van der Waals surface area contributed by atoms with Gasteiger partial charge in [0.15, 0.2) is 0 Å². The molecule has 0 aromatic carbocycles. The molecule has 0 amide bonds. The molecule has 0 heterocycles. The van der Waals surface area contributed by atoms with E-state index in [1.54, 1.807) is 0 Å². The van der Waals surface area contributed by atoms with E-state index >= 15 is 0 Å². The summed E-state index contributed by atoms with van der Waals surface area (Å²) in [6.45, 7) is 8.91. The van der Waals surface area contributed by atoms with Gasteiger partial charge in [-0.1, -0.05) is 34.1 Å². The Bertz CT molecular complexity index is 127. The lowest BCUT2D eigenvalue weighted by molar-refractivity contribution is 0.365. The Hall–Kier alpha value is -0.0800. The summed E-state index contributed by atoms with van der Waals surface area (Å²) in [7, 11) is 0. The van der Waals surface area contributed by atoms with Gasteiger partial charge in [0.05, 0.1) is 0 Å². The van der Waals surface area contributed by atoms with E-state index in [9.17, 15) is 0 Å². The van der Waals surface area contributed by atoms with Gasteiger partial charge in [0, 0.05) is 24.2 Å². The van der Waals surface area contributed by atoms with Gasteiger partial charge in [0.25, 0.3) is 0 Å². The molecule has 0 saturated heterocycles. The zero-order valence-electron chi connectivity index (χ0n) is 9.43. The van der Waals surface area contributed by atoms with Crippen molar-refractivity contribution in [2.75, 3.05) is 0 Å². The first-order valence-corrected chi connectivity index (χ1v) is 5.61. The molecule has 2 heteroatoms. The monoisotopic (exact) mass is 184 g/mol. The van der Waals surface area contributed by atoms with Gasteiger partial charge in [-0.25, -0.2) is 0 Å². The topological polar surface area (TPSA) is 24.1 Å². The van der Waals surface area contributed by atoms with Crippen molar-refractivity contribution in [1.82, 2.24) is 10.6 Å². The number of nitrogens with one attached hydrogen (secondary N) is 2. The molecule has 13 heavy (non-hydrogen) atoms. The molecule has 1 fully saturated rings. The Morgan fingerprint density at radius 3 is 1.54 bits per heavy atom. The van der Waals surface area contributed by atoms with Gasteiger partial charge in [-0.2, -0.15) is 0 Å². The fraction of sp³-hybridized carbons (Fsp3) is 1.00. The highest BCUT2D eigenvalue weighted by molar-refractivity contribution is 4.89. The van der Waals surface area contributed by atoms with Crippen molar-refractivity contribution in [3.05, 3.63) is 0 Å². The Kier molecular flexibility index (Phi) is 4.20. The summed E-state index contributed by atoms with van der Waals surface area (Å²) in [6, 6.07) is 2.61. The van der Waals surface area contributed by atoms with Crippen molar-refractivity contribution in [3.63, 3.8) is 0 Å². The van der Waals surface area contributed by atoms with Gasteiger partial charge < -0.3 is 10.6 Å². The molecule has 1 rings (SSSR count). The molecule has 0 bridgehead atoms. The molecule has 1 saturated carbocycles. The molecule has 2 N–H and O–H groups in total. The minimum Gasteiger partial charge on any atom is -0.310 e. The van der Waals surface area contributed by atoms with Crippen LogP contribution in [-0.4, -0.2) is 24.2 Å². The Balaban J connectivity index is 2.35. The van der Waals surface area contributed by atoms with E-state index in [1.807, 2.05) is 0 Å². The number of hydrogen-bond acceptors (Lipinski definition) is 2. The van der Waals surface area contributed by atoms with Crippen LogP contribution in [0.15, 0.2) is 0 Å². The summed E-state index contributed by atoms with van der Waals surface area (Å²) < 4.78 is 0. The molecule has 78 valence electrons. The van der Waals surface area contributed by atoms with Crippen molar-refractivity contribution in [1.29, 1.82) is 0 Å². The lowest BCUT2D eigenvalue weighted by atomic mass is 10.1. The lowest BCUT2D eigenvalue weighted by Crippen LogP contribution is -2.48. The quantitative estimate of drug-likeness (QED) is 0.697. The van der Waals surface area contributed by atoms with E-state index in [-0.39, 0.29) is 0 Å². The summed E-state index contributed by atoms with van der Waals surface area (Å²) in [5.41, 5.74) is 0. The summed E-state index contributed by atoms with van der Waals surface area (Å²) >= 11 is 0. The van der Waals surface area contributed by atoms with E-state index in [1.165, 1.54) is 19.3 Å². The average molecular weight is 184 g/mol. The molecule has 2 unspecified atom stereocenters. The van der Waals surface area contributed by atoms with E-state index < -0.39 is 0 Å². The molecule has 0 aromatic rings. The van der Waals surface area contributed by atoms with Crippen LogP contribution in [0.25, 0.3) is 0 Å². The molecule has 2 atom stereocenters. The molecule has 1 aliphatic carbocycles. The zero-order valence-corrected chi connectivity index (χ0v) is 9.43. The predicted octanol–water partition coefficient (Wildman–Crippen LogP) is 1.90. The third kappa shape index (κ3) is 3.65. The molecular weight excluding hydrogens is 160 g/mol. The SMILES string of the molecule is CC(C)NC1CCCC1NC(C)C. The zero-order chi connectivity index (χ0) is 9.84. The molecule has 0 radical (unpaired) electrons. The highest BCUT2D eigenvalue weighted by atomic mass is 15.1. The number of hydrogen-bond donors (Lipinski definition) is 2. The van der Waals surface area contributed by atoms with Gasteiger partial charge in [-0.3, -0.25) is 0 Å². The maximum absolute atomic E-state index is 3.63. The first-order valence-electron chi connectivity index (χ1n) is 5.61. The molecule has 1 aliphatic rings. The minimum absolute atomic E-state index is 0.611. The second kappa shape index (κ2) is 4.97. The highest BCUT2D eigenvalue weighted by Gasteiger charge is 2.27. The van der Waals surface area contributed by atoms with E-state index in [2.05, 4.69) is 38.3 Å². The summed E-state index contributed by atoms with van der Waals surface area (Å²) in [6.07, 6.45) is 4.04. The van der Waals surface area contributed by atoms with Crippen molar-refractivity contribution in [2.45, 2.75) is 71.1 Å². The summed E-state index contributed by atoms with van der Waals surface area (Å²) in [5.74, 6) is 0. The van der Waals surface area contributed by atoms with E-state index in [0.29, 0.717) is 24.2 Å². The van der Waals surface area contributed by atoms with Gasteiger partial charge in [0.2, 0.25) is 0 Å². The van der Waals surface area contributed by atoms with Crippen molar-refractivity contribution in [2.24, 2.45) is 0 Å². The maximum atomic E-state index is 3.63. The van der Waals surface area contributed by atoms with Gasteiger partial charge >= 0.3 is 0 Å². The van der Waals surface area contributed by atoms with Crippen LogP contribution in [0.3, 0.4) is 0 Å². The maximum Gasteiger partial charge on any atom is 0.0223 e. The van der Waals surface area contributed by atoms with Crippen LogP contribution in [-0.2, 0) is 0 Å². The third-order valence-corrected chi connectivity index (χ3v) is 2.61. The van der Waals surface area contributed by atoms with Crippen LogP contribution in [0, 0.1) is 0 Å². The first-order chi connectivity index (χ1) is 6.09. The Labute approximate surface area is 82.5 Å². The Morgan fingerprint density at radius 2 is 1.23 bits per heavy atom. The lowest BCUT2D eigenvalue weighted by Gasteiger charge is -2.26. The average Bonchev–Trinajstić information content (AvgIpc) is 2.34. The fourth-order valence-corrected chi connectivity index (χ4v) is 2.22. The Morgan fingerprint density at radius 1 is 0.846 bits per heavy atom. The van der Waals surface area contributed by atoms with Crippen molar-refractivity contribution in [3.8, 4) is 0 Å². The van der Waals surface area contributed by atoms with E-state index in [4.69, 9.17) is 0 Å². The predicted molar refractivity (Wildman–Crippen MR) is 58.0 cm³/mol. The van der Waals surface area contributed by atoms with Crippen molar-refractivity contribution < 1.29 is 0 Å². The molecule has 2 nitrogen and oxygen atoms in total.